The van der Waals surface area contributed by atoms with Crippen LogP contribution in [-0.4, -0.2) is 36.5 Å². The van der Waals surface area contributed by atoms with Gasteiger partial charge in [-0.05, 0) is 48.9 Å². The van der Waals surface area contributed by atoms with Crippen LogP contribution in [0.4, 0.5) is 10.5 Å². The molecule has 0 fully saturated rings. The monoisotopic (exact) mass is 443 g/mol. The van der Waals surface area contributed by atoms with Gasteiger partial charge in [-0.2, -0.15) is 4.98 Å². The Morgan fingerprint density at radius 2 is 1.68 bits per heavy atom. The molecule has 0 saturated heterocycles. The van der Waals surface area contributed by atoms with Gasteiger partial charge in [-0.25, -0.2) is 18.4 Å². The van der Waals surface area contributed by atoms with E-state index in [0.717, 1.165) is 11.1 Å². The summed E-state index contributed by atoms with van der Waals surface area (Å²) in [4.78, 5) is 18.5. The largest absolute Gasteiger partial charge is 0.334 e. The van der Waals surface area contributed by atoms with Gasteiger partial charge in [-0.15, -0.1) is 0 Å². The number of carbonyl (C=O) groups is 1. The molecule has 2 aromatic carbocycles. The second kappa shape index (κ2) is 8.86. The molecule has 10 heteroatoms. The second-order valence-corrected chi connectivity index (χ2v) is 9.08. The molecule has 0 bridgehead atoms. The highest BCUT2D eigenvalue weighted by Gasteiger charge is 2.19. The number of benzene rings is 2. The molecular weight excluding hydrogens is 418 g/mol. The molecule has 0 saturated carbocycles. The summed E-state index contributed by atoms with van der Waals surface area (Å²) in [5.41, 5.74) is 2.15. The van der Waals surface area contributed by atoms with Crippen molar-refractivity contribution in [3.63, 3.8) is 0 Å². The minimum atomic E-state index is -3.76. The first-order valence-electron chi connectivity index (χ1n) is 9.67. The van der Waals surface area contributed by atoms with Gasteiger partial charge in [0.25, 0.3) is 5.89 Å². The molecule has 0 aliphatic heterocycles. The topological polar surface area (TPSA) is 131 Å². The lowest BCUT2D eigenvalue weighted by atomic mass is 10.1. The van der Waals surface area contributed by atoms with E-state index in [2.05, 4.69) is 15.5 Å². The van der Waals surface area contributed by atoms with Crippen molar-refractivity contribution in [2.24, 2.45) is 5.14 Å². The molecule has 0 spiro atoms. The SMILES string of the molecule is CC(C)c1noc(-c2ccc(NC(=O)N(C)C(C)c3ccc(S(N)(=O)=O)cc3)cc2)n1. The van der Waals surface area contributed by atoms with Crippen LogP contribution in [0.15, 0.2) is 57.9 Å². The number of anilines is 1. The average Bonchev–Trinajstić information content (AvgIpc) is 3.23. The summed E-state index contributed by atoms with van der Waals surface area (Å²) >= 11 is 0. The number of amides is 2. The Bertz CT molecular complexity index is 1160. The van der Waals surface area contributed by atoms with E-state index in [1.165, 1.54) is 17.0 Å². The number of carbonyl (C=O) groups excluding carboxylic acids is 1. The fraction of sp³-hybridized carbons (Fsp3) is 0.286. The van der Waals surface area contributed by atoms with Crippen LogP contribution in [0.5, 0.6) is 0 Å². The molecule has 1 heterocycles. The van der Waals surface area contributed by atoms with E-state index in [0.29, 0.717) is 17.4 Å². The van der Waals surface area contributed by atoms with Crippen LogP contribution in [0, 0.1) is 0 Å². The number of hydrogen-bond acceptors (Lipinski definition) is 6. The lowest BCUT2D eigenvalue weighted by molar-refractivity contribution is 0.208. The molecule has 1 unspecified atom stereocenters. The third-order valence-electron chi connectivity index (χ3n) is 4.93. The molecule has 3 N–H and O–H groups in total. The number of sulfonamides is 1. The molecule has 31 heavy (non-hydrogen) atoms. The van der Waals surface area contributed by atoms with E-state index in [-0.39, 0.29) is 22.9 Å². The Morgan fingerprint density at radius 3 is 2.19 bits per heavy atom. The van der Waals surface area contributed by atoms with Crippen LogP contribution >= 0.6 is 0 Å². The number of nitrogens with one attached hydrogen (secondary N) is 1. The first-order valence-corrected chi connectivity index (χ1v) is 11.2. The standard InChI is InChI=1S/C21H25N5O4S/c1-13(2)19-24-20(30-25-19)16-5-9-17(10-6-16)23-21(27)26(4)14(3)15-7-11-18(12-8-15)31(22,28)29/h5-14H,1-4H3,(H,23,27)(H2,22,28,29). The van der Waals surface area contributed by atoms with Crippen LogP contribution in [-0.2, 0) is 10.0 Å². The summed E-state index contributed by atoms with van der Waals surface area (Å²) in [7, 11) is -2.10. The molecule has 9 nitrogen and oxygen atoms in total. The summed E-state index contributed by atoms with van der Waals surface area (Å²) in [6.45, 7) is 5.81. The molecule has 2 amide bonds. The third-order valence-corrected chi connectivity index (χ3v) is 5.86. The van der Waals surface area contributed by atoms with Gasteiger partial charge in [0.15, 0.2) is 5.82 Å². The van der Waals surface area contributed by atoms with E-state index in [1.807, 2.05) is 20.8 Å². The third kappa shape index (κ3) is 5.28. The summed E-state index contributed by atoms with van der Waals surface area (Å²) in [5.74, 6) is 1.24. The number of rotatable bonds is 6. The van der Waals surface area contributed by atoms with E-state index in [4.69, 9.17) is 9.66 Å². The maximum atomic E-state index is 12.6. The quantitative estimate of drug-likeness (QED) is 0.597. The van der Waals surface area contributed by atoms with Crippen LogP contribution < -0.4 is 10.5 Å². The molecule has 0 radical (unpaired) electrons. The summed E-state index contributed by atoms with van der Waals surface area (Å²) in [6, 6.07) is 12.6. The fourth-order valence-electron chi connectivity index (χ4n) is 2.83. The molecular formula is C21H25N5O4S. The van der Waals surface area contributed by atoms with Crippen molar-refractivity contribution in [2.75, 3.05) is 12.4 Å². The minimum Gasteiger partial charge on any atom is -0.334 e. The van der Waals surface area contributed by atoms with Crippen LogP contribution in [0.25, 0.3) is 11.5 Å². The van der Waals surface area contributed by atoms with Gasteiger partial charge in [-0.3, -0.25) is 0 Å². The smallest absolute Gasteiger partial charge is 0.322 e. The predicted molar refractivity (Wildman–Crippen MR) is 117 cm³/mol. The molecule has 3 rings (SSSR count). The fourth-order valence-corrected chi connectivity index (χ4v) is 3.35. The number of hydrogen-bond donors (Lipinski definition) is 2. The zero-order valence-electron chi connectivity index (χ0n) is 17.7. The van der Waals surface area contributed by atoms with Crippen molar-refractivity contribution in [1.82, 2.24) is 15.0 Å². The Morgan fingerprint density at radius 1 is 1.06 bits per heavy atom. The molecule has 3 aromatic rings. The predicted octanol–water partition coefficient (Wildman–Crippen LogP) is 3.73. The first-order chi connectivity index (χ1) is 14.6. The highest BCUT2D eigenvalue weighted by molar-refractivity contribution is 7.89. The highest BCUT2D eigenvalue weighted by atomic mass is 32.2. The first kappa shape index (κ1) is 22.4. The van der Waals surface area contributed by atoms with Crippen molar-refractivity contribution in [2.45, 2.75) is 37.6 Å². The van der Waals surface area contributed by atoms with Crippen LogP contribution in [0.1, 0.15) is 44.1 Å². The van der Waals surface area contributed by atoms with Gasteiger partial charge in [0.2, 0.25) is 10.0 Å². The number of primary sulfonamides is 1. The lowest BCUT2D eigenvalue weighted by Crippen LogP contribution is -2.33. The van der Waals surface area contributed by atoms with E-state index >= 15 is 0 Å². The van der Waals surface area contributed by atoms with Gasteiger partial charge < -0.3 is 14.7 Å². The molecule has 1 aromatic heterocycles. The van der Waals surface area contributed by atoms with Gasteiger partial charge in [0, 0.05) is 24.2 Å². The molecule has 164 valence electrons. The summed E-state index contributed by atoms with van der Waals surface area (Å²) in [5, 5.41) is 11.9. The van der Waals surface area contributed by atoms with E-state index < -0.39 is 10.0 Å². The molecule has 0 aliphatic carbocycles. The maximum Gasteiger partial charge on any atom is 0.322 e. The molecule has 0 aliphatic rings. The number of nitrogens with two attached hydrogens (primary N) is 1. The maximum absolute atomic E-state index is 12.6. The Labute approximate surface area is 181 Å². The molecule has 1 atom stereocenters. The average molecular weight is 444 g/mol. The van der Waals surface area contributed by atoms with Crippen molar-refractivity contribution >= 4 is 21.7 Å². The van der Waals surface area contributed by atoms with E-state index in [1.54, 1.807) is 43.4 Å². The second-order valence-electron chi connectivity index (χ2n) is 7.52. The van der Waals surface area contributed by atoms with Gasteiger partial charge in [-0.1, -0.05) is 31.1 Å². The summed E-state index contributed by atoms with van der Waals surface area (Å²) < 4.78 is 28.1. The van der Waals surface area contributed by atoms with Crippen molar-refractivity contribution in [1.29, 1.82) is 0 Å². The zero-order chi connectivity index (χ0) is 22.8. The van der Waals surface area contributed by atoms with Gasteiger partial charge in [0.1, 0.15) is 0 Å². The van der Waals surface area contributed by atoms with Crippen molar-refractivity contribution < 1.29 is 17.7 Å². The summed E-state index contributed by atoms with van der Waals surface area (Å²) in [6.07, 6.45) is 0. The Kier molecular flexibility index (Phi) is 6.42. The van der Waals surface area contributed by atoms with Crippen LogP contribution in [0.2, 0.25) is 0 Å². The van der Waals surface area contributed by atoms with Crippen LogP contribution in [0.3, 0.4) is 0 Å². The number of nitrogens with zero attached hydrogens (tertiary/aromatic N) is 3. The lowest BCUT2D eigenvalue weighted by Gasteiger charge is -2.25. The normalized spacial score (nSPS) is 12.6. The van der Waals surface area contributed by atoms with Crippen molar-refractivity contribution in [3.8, 4) is 11.5 Å². The number of urea groups is 1. The highest BCUT2D eigenvalue weighted by Crippen LogP contribution is 2.24. The minimum absolute atomic E-state index is 0.0254. The van der Waals surface area contributed by atoms with Gasteiger partial charge in [0.05, 0.1) is 10.9 Å². The van der Waals surface area contributed by atoms with Crippen molar-refractivity contribution in [3.05, 3.63) is 59.9 Å². The van der Waals surface area contributed by atoms with Gasteiger partial charge >= 0.3 is 6.03 Å². The number of aromatic nitrogens is 2. The Balaban J connectivity index is 1.66. The zero-order valence-corrected chi connectivity index (χ0v) is 18.6. The van der Waals surface area contributed by atoms with E-state index in [9.17, 15) is 13.2 Å². The Hall–Kier alpha value is -3.24.